The molecule has 2 aromatic heterocycles. The molecule has 0 spiro atoms. The molecule has 2 aromatic rings. The van der Waals surface area contributed by atoms with Crippen molar-refractivity contribution in [2.75, 3.05) is 20.3 Å². The van der Waals surface area contributed by atoms with E-state index in [1.807, 2.05) is 17.6 Å². The molecule has 0 aromatic carbocycles. The van der Waals surface area contributed by atoms with E-state index in [2.05, 4.69) is 9.97 Å². The molecule has 0 aliphatic heterocycles. The van der Waals surface area contributed by atoms with Gasteiger partial charge in [-0.25, -0.2) is 4.98 Å². The normalized spacial score (nSPS) is 11.1. The molecule has 2 rings (SSSR count). The van der Waals surface area contributed by atoms with Crippen molar-refractivity contribution >= 4 is 22.8 Å². The number of pyridine rings is 1. The zero-order valence-corrected chi connectivity index (χ0v) is 12.0. The van der Waals surface area contributed by atoms with Crippen LogP contribution >= 0.6 is 11.6 Å². The van der Waals surface area contributed by atoms with Crippen LogP contribution in [0.25, 0.3) is 11.2 Å². The summed E-state index contributed by atoms with van der Waals surface area (Å²) >= 11 is 5.94. The van der Waals surface area contributed by atoms with E-state index in [1.54, 1.807) is 13.2 Å². The molecule has 0 unspecified atom stereocenters. The lowest BCUT2D eigenvalue weighted by Crippen LogP contribution is -2.06. The third-order valence-corrected chi connectivity index (χ3v) is 3.09. The third kappa shape index (κ3) is 3.16. The Balaban J connectivity index is 2.27. The Morgan fingerprint density at radius 3 is 2.84 bits per heavy atom. The molecule has 0 fully saturated rings. The van der Waals surface area contributed by atoms with Gasteiger partial charge in [0.15, 0.2) is 5.65 Å². The van der Waals surface area contributed by atoms with Crippen LogP contribution in [-0.2, 0) is 17.2 Å². The summed E-state index contributed by atoms with van der Waals surface area (Å²) in [4.78, 5) is 8.92. The lowest BCUT2D eigenvalue weighted by Gasteiger charge is -2.07. The van der Waals surface area contributed by atoms with E-state index in [-0.39, 0.29) is 0 Å². The Kier molecular flexibility index (Phi) is 4.99. The number of aryl methyl sites for hydroxylation is 1. The fourth-order valence-electron chi connectivity index (χ4n) is 1.95. The summed E-state index contributed by atoms with van der Waals surface area (Å²) in [6, 6.07) is 3.70. The number of hydrogen-bond donors (Lipinski definition) is 0. The van der Waals surface area contributed by atoms with Gasteiger partial charge >= 0.3 is 0 Å². The molecule has 6 heteroatoms. The number of rotatable bonds is 7. The lowest BCUT2D eigenvalue weighted by atomic mass is 10.4. The summed E-state index contributed by atoms with van der Waals surface area (Å²) < 4.78 is 12.5. The first kappa shape index (κ1) is 14.1. The van der Waals surface area contributed by atoms with E-state index in [0.717, 1.165) is 43.2 Å². The van der Waals surface area contributed by atoms with Crippen LogP contribution in [0.2, 0.25) is 0 Å². The zero-order chi connectivity index (χ0) is 13.7. The standard InChI is InChI=1S/C13H18ClN3O2/c1-3-19-8-4-7-17-11(9-14)15-10-5-6-12(18-2)16-13(10)17/h5-6H,3-4,7-9H2,1-2H3. The van der Waals surface area contributed by atoms with Crippen LogP contribution in [0.15, 0.2) is 12.1 Å². The first-order valence-corrected chi connectivity index (χ1v) is 6.87. The predicted molar refractivity (Wildman–Crippen MR) is 74.7 cm³/mol. The fraction of sp³-hybridized carbons (Fsp3) is 0.538. The second-order valence-electron chi connectivity index (χ2n) is 4.06. The third-order valence-electron chi connectivity index (χ3n) is 2.85. The summed E-state index contributed by atoms with van der Waals surface area (Å²) in [5.74, 6) is 1.78. The number of alkyl halides is 1. The van der Waals surface area contributed by atoms with E-state index < -0.39 is 0 Å². The molecule has 2 heterocycles. The van der Waals surface area contributed by atoms with Crippen molar-refractivity contribution in [3.05, 3.63) is 18.0 Å². The molecule has 0 saturated heterocycles. The molecule has 0 saturated carbocycles. The smallest absolute Gasteiger partial charge is 0.215 e. The van der Waals surface area contributed by atoms with Crippen molar-refractivity contribution in [2.24, 2.45) is 0 Å². The maximum absolute atomic E-state index is 5.94. The Morgan fingerprint density at radius 1 is 1.32 bits per heavy atom. The maximum Gasteiger partial charge on any atom is 0.215 e. The van der Waals surface area contributed by atoms with Crippen molar-refractivity contribution in [2.45, 2.75) is 25.8 Å². The highest BCUT2D eigenvalue weighted by Gasteiger charge is 2.11. The fourth-order valence-corrected chi connectivity index (χ4v) is 2.15. The van der Waals surface area contributed by atoms with Crippen LogP contribution in [0.3, 0.4) is 0 Å². The van der Waals surface area contributed by atoms with Crippen LogP contribution in [-0.4, -0.2) is 34.9 Å². The summed E-state index contributed by atoms with van der Waals surface area (Å²) in [5, 5.41) is 0. The molecule has 0 amide bonds. The van der Waals surface area contributed by atoms with Gasteiger partial charge in [0.2, 0.25) is 5.88 Å². The molecule has 0 N–H and O–H groups in total. The monoisotopic (exact) mass is 283 g/mol. The lowest BCUT2D eigenvalue weighted by molar-refractivity contribution is 0.141. The highest BCUT2D eigenvalue weighted by molar-refractivity contribution is 6.16. The Labute approximate surface area is 117 Å². The van der Waals surface area contributed by atoms with Crippen LogP contribution in [0.1, 0.15) is 19.2 Å². The van der Waals surface area contributed by atoms with Gasteiger partial charge in [0.05, 0.1) is 13.0 Å². The van der Waals surface area contributed by atoms with Crippen LogP contribution in [0.5, 0.6) is 5.88 Å². The highest BCUT2D eigenvalue weighted by Crippen LogP contribution is 2.19. The molecule has 5 nitrogen and oxygen atoms in total. The van der Waals surface area contributed by atoms with E-state index in [0.29, 0.717) is 11.8 Å². The molecule has 0 bridgehead atoms. The number of imidazole rings is 1. The molecule has 0 radical (unpaired) electrons. The topological polar surface area (TPSA) is 49.2 Å². The van der Waals surface area contributed by atoms with Crippen molar-refractivity contribution < 1.29 is 9.47 Å². The molecule has 0 atom stereocenters. The Morgan fingerprint density at radius 2 is 2.16 bits per heavy atom. The summed E-state index contributed by atoms with van der Waals surface area (Å²) in [6.07, 6.45) is 0.905. The molecule has 0 aliphatic rings. The average Bonchev–Trinajstić information content (AvgIpc) is 2.80. The predicted octanol–water partition coefficient (Wildman–Crippen LogP) is 2.61. The average molecular weight is 284 g/mol. The zero-order valence-electron chi connectivity index (χ0n) is 11.2. The van der Waals surface area contributed by atoms with Gasteiger partial charge in [-0.2, -0.15) is 4.98 Å². The summed E-state index contributed by atoms with van der Waals surface area (Å²) in [7, 11) is 1.60. The van der Waals surface area contributed by atoms with Gasteiger partial charge in [-0.3, -0.25) is 0 Å². The number of aromatic nitrogens is 3. The Bertz CT molecular complexity index is 542. The first-order valence-electron chi connectivity index (χ1n) is 6.34. The largest absolute Gasteiger partial charge is 0.481 e. The second-order valence-corrected chi connectivity index (χ2v) is 4.33. The minimum atomic E-state index is 0.368. The molecular formula is C13H18ClN3O2. The van der Waals surface area contributed by atoms with Crippen molar-refractivity contribution in [3.8, 4) is 5.88 Å². The maximum atomic E-state index is 5.94. The van der Waals surface area contributed by atoms with Crippen molar-refractivity contribution in [1.29, 1.82) is 0 Å². The van der Waals surface area contributed by atoms with Crippen LogP contribution < -0.4 is 4.74 Å². The quantitative estimate of drug-likeness (QED) is 0.579. The van der Waals surface area contributed by atoms with Crippen LogP contribution in [0.4, 0.5) is 0 Å². The summed E-state index contributed by atoms with van der Waals surface area (Å²) in [5.41, 5.74) is 1.65. The van der Waals surface area contributed by atoms with Crippen molar-refractivity contribution in [1.82, 2.24) is 14.5 Å². The van der Waals surface area contributed by atoms with Gasteiger partial charge < -0.3 is 14.0 Å². The molecule has 0 aliphatic carbocycles. The van der Waals surface area contributed by atoms with Gasteiger partial charge in [-0.05, 0) is 19.4 Å². The number of hydrogen-bond acceptors (Lipinski definition) is 4. The first-order chi connectivity index (χ1) is 9.30. The minimum absolute atomic E-state index is 0.368. The minimum Gasteiger partial charge on any atom is -0.481 e. The van der Waals surface area contributed by atoms with Gasteiger partial charge in [-0.1, -0.05) is 0 Å². The highest BCUT2D eigenvalue weighted by atomic mass is 35.5. The van der Waals surface area contributed by atoms with E-state index in [4.69, 9.17) is 21.1 Å². The van der Waals surface area contributed by atoms with Crippen molar-refractivity contribution in [3.63, 3.8) is 0 Å². The van der Waals surface area contributed by atoms with E-state index >= 15 is 0 Å². The number of methoxy groups -OCH3 is 1. The van der Waals surface area contributed by atoms with Gasteiger partial charge in [-0.15, -0.1) is 11.6 Å². The van der Waals surface area contributed by atoms with Gasteiger partial charge in [0, 0.05) is 25.8 Å². The molecular weight excluding hydrogens is 266 g/mol. The number of nitrogens with zero attached hydrogens (tertiary/aromatic N) is 3. The molecule has 104 valence electrons. The van der Waals surface area contributed by atoms with E-state index in [1.165, 1.54) is 0 Å². The molecule has 19 heavy (non-hydrogen) atoms. The van der Waals surface area contributed by atoms with E-state index in [9.17, 15) is 0 Å². The Hall–Kier alpha value is -1.33. The number of halogens is 1. The number of fused-ring (bicyclic) bond motifs is 1. The second kappa shape index (κ2) is 6.73. The van der Waals surface area contributed by atoms with Gasteiger partial charge in [0.1, 0.15) is 11.3 Å². The summed E-state index contributed by atoms with van der Waals surface area (Å²) in [6.45, 7) is 4.24. The van der Waals surface area contributed by atoms with Crippen LogP contribution in [0, 0.1) is 0 Å². The number of ether oxygens (including phenoxy) is 2. The SMILES string of the molecule is CCOCCCn1c(CCl)nc2ccc(OC)nc21. The van der Waals surface area contributed by atoms with Gasteiger partial charge in [0.25, 0.3) is 0 Å².